The number of ketones is 1. The number of halogens is 2. The summed E-state index contributed by atoms with van der Waals surface area (Å²) < 4.78 is 6.42. The Morgan fingerprint density at radius 2 is 1.83 bits per heavy atom. The predicted molar refractivity (Wildman–Crippen MR) is 114 cm³/mol. The van der Waals surface area contributed by atoms with Crippen LogP contribution in [0.5, 0.6) is 11.6 Å². The number of carbonyl (C=O) groups is 1. The maximum absolute atomic E-state index is 12.8. The van der Waals surface area contributed by atoms with Gasteiger partial charge in [-0.3, -0.25) is 14.2 Å². The van der Waals surface area contributed by atoms with Crippen LogP contribution in [0, 0.1) is 18.3 Å². The Morgan fingerprint density at radius 3 is 2.47 bits per heavy atom. The lowest BCUT2D eigenvalue weighted by Gasteiger charge is -2.16. The highest BCUT2D eigenvalue weighted by Crippen LogP contribution is 2.25. The first-order chi connectivity index (χ1) is 14.3. The third-order valence-electron chi connectivity index (χ3n) is 4.55. The molecule has 0 radical (unpaired) electrons. The van der Waals surface area contributed by atoms with Gasteiger partial charge in [0.25, 0.3) is 5.56 Å². The molecule has 0 spiro atoms. The third kappa shape index (κ3) is 4.33. The fraction of sp³-hybridized carbons (Fsp3) is 0.136. The lowest BCUT2D eigenvalue weighted by atomic mass is 10.0. The molecule has 0 fully saturated rings. The van der Waals surface area contributed by atoms with Crippen molar-refractivity contribution in [2.24, 2.45) is 0 Å². The first kappa shape index (κ1) is 21.4. The van der Waals surface area contributed by atoms with Gasteiger partial charge in [-0.05, 0) is 48.4 Å². The third-order valence-corrected chi connectivity index (χ3v) is 5.17. The van der Waals surface area contributed by atoms with Crippen molar-refractivity contribution in [2.45, 2.75) is 13.5 Å². The van der Waals surface area contributed by atoms with E-state index in [0.717, 1.165) is 4.57 Å². The van der Waals surface area contributed by atoms with Crippen molar-refractivity contribution >= 4 is 29.0 Å². The number of nitrogens with zero attached hydrogens (tertiary/aromatic N) is 2. The minimum atomic E-state index is -0.706. The molecule has 0 aliphatic heterocycles. The van der Waals surface area contributed by atoms with Crippen molar-refractivity contribution in [1.82, 2.24) is 4.57 Å². The summed E-state index contributed by atoms with van der Waals surface area (Å²) in [6.45, 7) is 0.942. The van der Waals surface area contributed by atoms with Crippen LogP contribution < -0.4 is 10.3 Å². The zero-order valence-electron chi connectivity index (χ0n) is 15.9. The molecule has 3 rings (SSSR count). The molecule has 30 heavy (non-hydrogen) atoms. The molecule has 3 aromatic rings. The first-order valence-electron chi connectivity index (χ1n) is 8.85. The van der Waals surface area contributed by atoms with Gasteiger partial charge in [-0.2, -0.15) is 5.26 Å². The zero-order chi connectivity index (χ0) is 21.8. The maximum atomic E-state index is 12.8. The van der Waals surface area contributed by atoms with Crippen molar-refractivity contribution in [3.8, 4) is 17.7 Å². The molecule has 152 valence electrons. The zero-order valence-corrected chi connectivity index (χ0v) is 17.4. The van der Waals surface area contributed by atoms with Gasteiger partial charge in [-0.1, -0.05) is 41.4 Å². The summed E-state index contributed by atoms with van der Waals surface area (Å²) in [5.41, 5.74) is -0.426. The lowest BCUT2D eigenvalue weighted by molar-refractivity contribution is 0.0916. The second-order valence-electron chi connectivity index (χ2n) is 6.46. The number of carbonyl (C=O) groups excluding carboxylic acids is 1. The number of rotatable bonds is 6. The van der Waals surface area contributed by atoms with Gasteiger partial charge in [0.1, 0.15) is 17.4 Å². The van der Waals surface area contributed by atoms with E-state index in [2.05, 4.69) is 0 Å². The Labute approximate surface area is 182 Å². The smallest absolute Gasteiger partial charge is 0.271 e. The largest absolute Gasteiger partial charge is 0.494 e. The van der Waals surface area contributed by atoms with Crippen LogP contribution in [-0.2, 0) is 6.54 Å². The van der Waals surface area contributed by atoms with Crippen molar-refractivity contribution in [3.63, 3.8) is 0 Å². The molecule has 8 heteroatoms. The number of Topliss-reactive ketones (excluding diaryl/α,β-unsaturated/α-hetero) is 1. The van der Waals surface area contributed by atoms with Gasteiger partial charge < -0.3 is 9.84 Å². The molecule has 0 aliphatic rings. The highest BCUT2D eigenvalue weighted by Gasteiger charge is 2.24. The van der Waals surface area contributed by atoms with Gasteiger partial charge in [0.2, 0.25) is 11.7 Å². The van der Waals surface area contributed by atoms with Crippen LogP contribution in [0.1, 0.15) is 27.0 Å². The van der Waals surface area contributed by atoms with Crippen LogP contribution in [0.2, 0.25) is 10.0 Å². The Balaban J connectivity index is 2.00. The van der Waals surface area contributed by atoms with E-state index in [1.807, 2.05) is 6.07 Å². The Bertz CT molecular complexity index is 1210. The average Bonchev–Trinajstić information content (AvgIpc) is 2.72. The molecule has 1 heterocycles. The van der Waals surface area contributed by atoms with Gasteiger partial charge in [-0.15, -0.1) is 0 Å². The van der Waals surface area contributed by atoms with E-state index in [0.29, 0.717) is 21.4 Å². The van der Waals surface area contributed by atoms with Gasteiger partial charge in [0, 0.05) is 10.0 Å². The number of ether oxygens (including phenoxy) is 1. The molecule has 0 aliphatic carbocycles. The van der Waals surface area contributed by atoms with Crippen molar-refractivity contribution in [1.29, 1.82) is 5.26 Å². The van der Waals surface area contributed by atoms with E-state index in [1.165, 1.54) is 6.92 Å². The Kier molecular flexibility index (Phi) is 6.46. The van der Waals surface area contributed by atoms with Gasteiger partial charge in [0.05, 0.1) is 12.1 Å². The van der Waals surface area contributed by atoms with Crippen LogP contribution in [0.4, 0.5) is 0 Å². The molecule has 0 amide bonds. The van der Waals surface area contributed by atoms with Gasteiger partial charge in [-0.25, -0.2) is 0 Å². The minimum absolute atomic E-state index is 0.0973. The number of hydrogen-bond acceptors (Lipinski definition) is 5. The van der Waals surface area contributed by atoms with Gasteiger partial charge >= 0.3 is 0 Å². The van der Waals surface area contributed by atoms with E-state index in [-0.39, 0.29) is 23.2 Å². The van der Waals surface area contributed by atoms with Crippen LogP contribution in [0.15, 0.2) is 53.3 Å². The van der Waals surface area contributed by atoms with E-state index in [9.17, 15) is 20.0 Å². The standard InChI is InChI=1S/C22H16Cl2N2O4/c1-13-17(10-25)21(28)26(11-14-4-2-3-5-18(14)24)22(29)20(13)19(27)12-30-16-8-6-15(23)7-9-16/h2-9,29H,11-12H2,1H3. The highest BCUT2D eigenvalue weighted by molar-refractivity contribution is 6.31. The quantitative estimate of drug-likeness (QED) is 0.572. The number of hydrogen-bond donors (Lipinski definition) is 1. The second-order valence-corrected chi connectivity index (χ2v) is 7.30. The molecule has 0 saturated heterocycles. The van der Waals surface area contributed by atoms with E-state index < -0.39 is 23.8 Å². The lowest BCUT2D eigenvalue weighted by Crippen LogP contribution is -2.28. The summed E-state index contributed by atoms with van der Waals surface area (Å²) in [5.74, 6) is -0.708. The molecule has 0 atom stereocenters. The Hall–Kier alpha value is -3.27. The second kappa shape index (κ2) is 9.04. The van der Waals surface area contributed by atoms with Crippen molar-refractivity contribution in [2.75, 3.05) is 6.61 Å². The van der Waals surface area contributed by atoms with Crippen LogP contribution in [0.25, 0.3) is 0 Å². The average molecular weight is 443 g/mol. The normalized spacial score (nSPS) is 10.5. The number of pyridine rings is 1. The minimum Gasteiger partial charge on any atom is -0.494 e. The first-order valence-corrected chi connectivity index (χ1v) is 9.60. The molecule has 2 aromatic carbocycles. The van der Waals surface area contributed by atoms with E-state index >= 15 is 0 Å². The topological polar surface area (TPSA) is 92.3 Å². The number of benzene rings is 2. The molecule has 0 bridgehead atoms. The van der Waals surface area contributed by atoms with Crippen molar-refractivity contribution in [3.05, 3.63) is 91.2 Å². The summed E-state index contributed by atoms with van der Waals surface area (Å²) in [6, 6.07) is 15.0. The molecule has 6 nitrogen and oxygen atoms in total. The molecule has 0 saturated carbocycles. The SMILES string of the molecule is Cc1c(C(=O)COc2ccc(Cl)cc2)c(O)n(Cc2ccccc2Cl)c(=O)c1C#N. The number of nitriles is 1. The maximum Gasteiger partial charge on any atom is 0.271 e. The molecular weight excluding hydrogens is 427 g/mol. The fourth-order valence-corrected chi connectivity index (χ4v) is 3.30. The summed E-state index contributed by atoms with van der Waals surface area (Å²) in [7, 11) is 0. The monoisotopic (exact) mass is 442 g/mol. The summed E-state index contributed by atoms with van der Waals surface area (Å²) in [4.78, 5) is 25.5. The van der Waals surface area contributed by atoms with Crippen LogP contribution >= 0.6 is 23.2 Å². The Morgan fingerprint density at radius 1 is 1.17 bits per heavy atom. The highest BCUT2D eigenvalue weighted by atomic mass is 35.5. The number of aromatic hydroxyl groups is 1. The molecule has 0 unspecified atom stereocenters. The molecular formula is C22H16Cl2N2O4. The van der Waals surface area contributed by atoms with Crippen molar-refractivity contribution < 1.29 is 14.6 Å². The number of aromatic nitrogens is 1. The van der Waals surface area contributed by atoms with E-state index in [4.69, 9.17) is 27.9 Å². The summed E-state index contributed by atoms with van der Waals surface area (Å²) in [6.07, 6.45) is 0. The predicted octanol–water partition coefficient (Wildman–Crippen LogP) is 4.35. The fourth-order valence-electron chi connectivity index (χ4n) is 2.98. The summed E-state index contributed by atoms with van der Waals surface area (Å²) in [5, 5.41) is 21.1. The molecule has 1 aromatic heterocycles. The van der Waals surface area contributed by atoms with Crippen LogP contribution in [0.3, 0.4) is 0 Å². The summed E-state index contributed by atoms with van der Waals surface area (Å²) >= 11 is 12.0. The van der Waals surface area contributed by atoms with Gasteiger partial charge in [0.15, 0.2) is 6.61 Å². The molecule has 1 N–H and O–H groups in total. The van der Waals surface area contributed by atoms with Crippen LogP contribution in [-0.4, -0.2) is 22.1 Å². The van der Waals surface area contributed by atoms with E-state index in [1.54, 1.807) is 48.5 Å².